The highest BCUT2D eigenvalue weighted by Gasteiger charge is 2.49. The highest BCUT2D eigenvalue weighted by Crippen LogP contribution is 2.48. The third kappa shape index (κ3) is 10.1. The van der Waals surface area contributed by atoms with Gasteiger partial charge >= 0.3 is 0 Å². The minimum absolute atomic E-state index is 0.0760. The number of hydrogen-bond donors (Lipinski definition) is 2. The summed E-state index contributed by atoms with van der Waals surface area (Å²) < 4.78 is 13.6. The van der Waals surface area contributed by atoms with Crippen molar-refractivity contribution in [1.29, 1.82) is 0 Å². The minimum Gasteiger partial charge on any atom is -0.369 e. The molecule has 0 unspecified atom stereocenters. The predicted molar refractivity (Wildman–Crippen MR) is 136 cm³/mol. The maximum atomic E-state index is 6.85. The number of rotatable bonds is 12. The van der Waals surface area contributed by atoms with Gasteiger partial charge in [0.15, 0.2) is 0 Å². The Kier molecular flexibility index (Phi) is 8.84. The van der Waals surface area contributed by atoms with Gasteiger partial charge in [0.25, 0.3) is 0 Å². The summed E-state index contributed by atoms with van der Waals surface area (Å²) in [6.07, 6.45) is 2.53. The standard InChI is InChI=1S/C27H58N2O2/c1-20(2,17-22(5,6)28)26(13,14)30-24(9,10)18-21(3,4)27(15,16)31-25(11,12)19-23(7,8)29/h17-19,28-29H2,1-16H3. The van der Waals surface area contributed by atoms with Crippen molar-refractivity contribution < 1.29 is 9.47 Å². The molecule has 0 spiro atoms. The van der Waals surface area contributed by atoms with Crippen molar-refractivity contribution >= 4 is 0 Å². The van der Waals surface area contributed by atoms with Gasteiger partial charge in [-0.2, -0.15) is 0 Å². The molecule has 188 valence electrons. The van der Waals surface area contributed by atoms with Crippen molar-refractivity contribution in [3.05, 3.63) is 0 Å². The van der Waals surface area contributed by atoms with Crippen LogP contribution in [0.1, 0.15) is 130 Å². The fraction of sp³-hybridized carbons (Fsp3) is 1.00. The summed E-state index contributed by atoms with van der Waals surface area (Å²) in [5, 5.41) is 0. The molecule has 0 rings (SSSR count). The van der Waals surface area contributed by atoms with E-state index in [9.17, 15) is 0 Å². The zero-order valence-corrected chi connectivity index (χ0v) is 24.1. The monoisotopic (exact) mass is 442 g/mol. The van der Waals surface area contributed by atoms with Crippen LogP contribution in [-0.4, -0.2) is 33.5 Å². The molecule has 0 aliphatic rings. The fourth-order valence-electron chi connectivity index (χ4n) is 5.46. The van der Waals surface area contributed by atoms with Crippen molar-refractivity contribution in [3.8, 4) is 0 Å². The molecule has 4 nitrogen and oxygen atoms in total. The van der Waals surface area contributed by atoms with Crippen LogP contribution in [0.15, 0.2) is 0 Å². The largest absolute Gasteiger partial charge is 0.369 e. The number of nitrogens with two attached hydrogens (primary N) is 2. The second kappa shape index (κ2) is 8.89. The van der Waals surface area contributed by atoms with Gasteiger partial charge in [0, 0.05) is 11.1 Å². The molecule has 4 heteroatoms. The highest BCUT2D eigenvalue weighted by atomic mass is 16.5. The molecule has 0 aromatic carbocycles. The van der Waals surface area contributed by atoms with Crippen molar-refractivity contribution in [3.63, 3.8) is 0 Å². The second-order valence-electron chi connectivity index (χ2n) is 15.0. The van der Waals surface area contributed by atoms with Crippen LogP contribution in [-0.2, 0) is 9.47 Å². The molecule has 0 fully saturated rings. The van der Waals surface area contributed by atoms with E-state index in [0.29, 0.717) is 0 Å². The van der Waals surface area contributed by atoms with Gasteiger partial charge in [-0.05, 0) is 113 Å². The van der Waals surface area contributed by atoms with Gasteiger partial charge in [-0.15, -0.1) is 0 Å². The predicted octanol–water partition coefficient (Wildman–Crippen LogP) is 6.83. The first-order valence-corrected chi connectivity index (χ1v) is 12.0. The Labute approximate surface area is 195 Å². The summed E-state index contributed by atoms with van der Waals surface area (Å²) in [4.78, 5) is 0. The van der Waals surface area contributed by atoms with Gasteiger partial charge < -0.3 is 20.9 Å². The van der Waals surface area contributed by atoms with Gasteiger partial charge in [0.2, 0.25) is 0 Å². The highest BCUT2D eigenvalue weighted by molar-refractivity contribution is 4.99. The molecule has 0 saturated carbocycles. The summed E-state index contributed by atoms with van der Waals surface area (Å²) in [5.41, 5.74) is 10.6. The van der Waals surface area contributed by atoms with Crippen LogP contribution in [0.4, 0.5) is 0 Å². The Morgan fingerprint density at radius 3 is 0.968 bits per heavy atom. The van der Waals surface area contributed by atoms with Crippen LogP contribution in [0.3, 0.4) is 0 Å². The van der Waals surface area contributed by atoms with E-state index in [1.165, 1.54) is 0 Å². The third-order valence-electron chi connectivity index (χ3n) is 6.97. The molecular formula is C27H58N2O2. The van der Waals surface area contributed by atoms with Crippen molar-refractivity contribution in [1.82, 2.24) is 0 Å². The molecule has 0 aliphatic heterocycles. The third-order valence-corrected chi connectivity index (χ3v) is 6.97. The van der Waals surface area contributed by atoms with E-state index >= 15 is 0 Å². The lowest BCUT2D eigenvalue weighted by Crippen LogP contribution is -2.55. The Balaban J connectivity index is 5.58. The van der Waals surface area contributed by atoms with Gasteiger partial charge in [-0.1, -0.05) is 27.7 Å². The van der Waals surface area contributed by atoms with Crippen molar-refractivity contribution in [2.45, 2.75) is 164 Å². The first kappa shape index (κ1) is 30.8. The Morgan fingerprint density at radius 2 is 0.677 bits per heavy atom. The van der Waals surface area contributed by atoms with Gasteiger partial charge in [0.1, 0.15) is 0 Å². The Morgan fingerprint density at radius 1 is 0.419 bits per heavy atom. The van der Waals surface area contributed by atoms with Crippen LogP contribution in [0.2, 0.25) is 0 Å². The molecule has 0 bridgehead atoms. The first-order chi connectivity index (χ1) is 13.0. The van der Waals surface area contributed by atoms with Crippen LogP contribution >= 0.6 is 0 Å². The summed E-state index contributed by atoms with van der Waals surface area (Å²) in [6.45, 7) is 34.8. The first-order valence-electron chi connectivity index (χ1n) is 12.0. The Bertz CT molecular complexity index is 585. The molecule has 0 amide bonds. The van der Waals surface area contributed by atoms with Crippen LogP contribution in [0, 0.1) is 10.8 Å². The topological polar surface area (TPSA) is 70.5 Å². The van der Waals surface area contributed by atoms with Gasteiger partial charge in [0.05, 0.1) is 22.4 Å². The van der Waals surface area contributed by atoms with Crippen LogP contribution in [0.5, 0.6) is 0 Å². The lowest BCUT2D eigenvalue weighted by Gasteiger charge is -2.53. The van der Waals surface area contributed by atoms with E-state index in [0.717, 1.165) is 19.3 Å². The lowest BCUT2D eigenvalue weighted by molar-refractivity contribution is -0.222. The lowest BCUT2D eigenvalue weighted by atomic mass is 9.68. The van der Waals surface area contributed by atoms with E-state index in [2.05, 4.69) is 111 Å². The molecular weight excluding hydrogens is 384 g/mol. The summed E-state index contributed by atoms with van der Waals surface area (Å²) >= 11 is 0. The molecule has 0 heterocycles. The second-order valence-corrected chi connectivity index (χ2v) is 15.0. The molecule has 0 saturated heterocycles. The van der Waals surface area contributed by atoms with E-state index in [4.69, 9.17) is 20.9 Å². The number of ether oxygens (including phenoxy) is 2. The van der Waals surface area contributed by atoms with Gasteiger partial charge in [-0.3, -0.25) is 0 Å². The Hall–Kier alpha value is -0.160. The average Bonchev–Trinajstić information content (AvgIpc) is 2.26. The molecule has 0 atom stereocenters. The van der Waals surface area contributed by atoms with Crippen LogP contribution < -0.4 is 11.5 Å². The zero-order chi connectivity index (χ0) is 25.5. The fourth-order valence-corrected chi connectivity index (χ4v) is 5.46. The van der Waals surface area contributed by atoms with E-state index in [1.54, 1.807) is 0 Å². The summed E-state index contributed by atoms with van der Waals surface area (Å²) in [5.74, 6) is 0. The summed E-state index contributed by atoms with van der Waals surface area (Å²) in [7, 11) is 0. The molecule has 0 aromatic heterocycles. The number of hydrogen-bond acceptors (Lipinski definition) is 4. The maximum absolute atomic E-state index is 6.85. The smallest absolute Gasteiger partial charge is 0.0685 e. The molecule has 0 aromatic rings. The van der Waals surface area contributed by atoms with Crippen molar-refractivity contribution in [2.24, 2.45) is 22.3 Å². The minimum atomic E-state index is -0.360. The quantitative estimate of drug-likeness (QED) is 0.347. The van der Waals surface area contributed by atoms with Gasteiger partial charge in [-0.25, -0.2) is 0 Å². The van der Waals surface area contributed by atoms with E-state index in [-0.39, 0.29) is 44.3 Å². The molecule has 4 N–H and O–H groups in total. The van der Waals surface area contributed by atoms with Crippen LogP contribution in [0.25, 0.3) is 0 Å². The van der Waals surface area contributed by atoms with E-state index in [1.807, 2.05) is 0 Å². The van der Waals surface area contributed by atoms with Crippen molar-refractivity contribution in [2.75, 3.05) is 0 Å². The zero-order valence-electron chi connectivity index (χ0n) is 24.1. The molecule has 0 radical (unpaired) electrons. The molecule has 0 aliphatic carbocycles. The van der Waals surface area contributed by atoms with E-state index < -0.39 is 0 Å². The normalized spacial score (nSPS) is 16.1. The summed E-state index contributed by atoms with van der Waals surface area (Å²) in [6, 6.07) is 0. The maximum Gasteiger partial charge on any atom is 0.0685 e. The SMILES string of the molecule is CC(C)(N)CC(C)(C)OC(C)(C)C(C)(C)CC(C)(C)OC(C)(C)C(C)(C)CC(C)(C)N. The average molecular weight is 443 g/mol. The molecule has 31 heavy (non-hydrogen) atoms.